The maximum atomic E-state index is 13.1. The fourth-order valence-electron chi connectivity index (χ4n) is 4.39. The smallest absolute Gasteiger partial charge is 0.408 e. The molecule has 2 aromatic rings. The van der Waals surface area contributed by atoms with Crippen LogP contribution >= 0.6 is 11.8 Å². The minimum Gasteiger partial charge on any atom is -0.445 e. The first kappa shape index (κ1) is 22.3. The van der Waals surface area contributed by atoms with Gasteiger partial charge in [-0.1, -0.05) is 48.5 Å². The number of nitrogens with zero attached hydrogens (tertiary/aromatic N) is 1. The molecule has 0 spiro atoms. The molecule has 3 aliphatic rings. The Morgan fingerprint density at radius 3 is 2.56 bits per heavy atom. The highest BCUT2D eigenvalue weighted by atomic mass is 32.2. The van der Waals surface area contributed by atoms with Crippen LogP contribution in [0.25, 0.3) is 0 Å². The molecule has 2 amide bonds. The van der Waals surface area contributed by atoms with E-state index in [2.05, 4.69) is 5.32 Å². The van der Waals surface area contributed by atoms with Crippen molar-refractivity contribution in [3.8, 4) is 0 Å². The molecule has 4 atom stereocenters. The number of benzene rings is 2. The average Bonchev–Trinajstić information content (AvgIpc) is 3.27. The number of ether oxygens (including phenoxy) is 3. The Balaban J connectivity index is 1.23. The van der Waals surface area contributed by atoms with E-state index in [0.717, 1.165) is 5.56 Å². The van der Waals surface area contributed by atoms with Crippen LogP contribution in [0.3, 0.4) is 0 Å². The number of hydrogen-bond acceptors (Lipinski definition) is 8. The zero-order valence-corrected chi connectivity index (χ0v) is 19.2. The maximum Gasteiger partial charge on any atom is 0.408 e. The fraction of sp³-hybridized carbons (Fsp3) is 0.333. The Bertz CT molecular complexity index is 1170. The quantitative estimate of drug-likeness (QED) is 0.512. The predicted octanol–water partition coefficient (Wildman–Crippen LogP) is 2.76. The van der Waals surface area contributed by atoms with Crippen LogP contribution in [-0.2, 0) is 30.4 Å². The lowest BCUT2D eigenvalue weighted by Gasteiger charge is -2.43. The first-order valence-corrected chi connectivity index (χ1v) is 11.6. The summed E-state index contributed by atoms with van der Waals surface area (Å²) in [6, 6.07) is 14.2. The summed E-state index contributed by atoms with van der Waals surface area (Å²) in [5, 5.41) is 2.16. The lowest BCUT2D eigenvalue weighted by Crippen LogP contribution is -2.70. The zero-order valence-electron chi connectivity index (χ0n) is 18.4. The normalized spacial score (nSPS) is 26.1. The molecule has 2 saturated heterocycles. The van der Waals surface area contributed by atoms with Gasteiger partial charge < -0.3 is 24.4 Å². The number of nitrogens with one attached hydrogen (secondary N) is 1. The average molecular weight is 483 g/mol. The molecule has 34 heavy (non-hydrogen) atoms. The third-order valence-electron chi connectivity index (χ3n) is 6.02. The van der Waals surface area contributed by atoms with E-state index in [1.807, 2.05) is 44.2 Å². The summed E-state index contributed by atoms with van der Waals surface area (Å²) >= 11 is 1.39. The van der Waals surface area contributed by atoms with E-state index >= 15 is 0 Å². The summed E-state index contributed by atoms with van der Waals surface area (Å²) in [6.45, 7) is 3.74. The number of alkyl carbamates (subject to hydrolysis) is 1. The predicted molar refractivity (Wildman–Crippen MR) is 120 cm³/mol. The van der Waals surface area contributed by atoms with Crippen LogP contribution in [0.2, 0.25) is 0 Å². The minimum atomic E-state index is -1.16. The van der Waals surface area contributed by atoms with Crippen molar-refractivity contribution in [3.05, 3.63) is 71.3 Å². The molecule has 0 radical (unpaired) electrons. The molecular formula is C24H22N2O7S. The van der Waals surface area contributed by atoms with Gasteiger partial charge in [0, 0.05) is 10.3 Å². The number of cyclic esters (lactones) is 1. The second-order valence-electron chi connectivity index (χ2n) is 8.71. The molecule has 3 aliphatic heterocycles. The van der Waals surface area contributed by atoms with Crippen molar-refractivity contribution in [1.82, 2.24) is 10.2 Å². The van der Waals surface area contributed by atoms with Gasteiger partial charge >= 0.3 is 18.0 Å². The highest BCUT2D eigenvalue weighted by molar-refractivity contribution is 8.01. The van der Waals surface area contributed by atoms with Crippen LogP contribution in [0.4, 0.5) is 4.79 Å². The van der Waals surface area contributed by atoms with E-state index in [1.165, 1.54) is 16.7 Å². The molecule has 0 aliphatic carbocycles. The van der Waals surface area contributed by atoms with Gasteiger partial charge in [0.2, 0.25) is 5.91 Å². The van der Waals surface area contributed by atoms with Crippen LogP contribution in [0, 0.1) is 0 Å². The molecule has 0 saturated carbocycles. The van der Waals surface area contributed by atoms with Crippen LogP contribution < -0.4 is 5.32 Å². The number of hydrogen-bond donors (Lipinski definition) is 1. The SMILES string of the molecule is CC1(C)S[C@@H]2[C@H](NC(=O)OCc3ccccc3)C(=O)N2[C@H]1C(=O)OC1OC(=O)c2ccccc21. The Morgan fingerprint density at radius 2 is 1.79 bits per heavy atom. The third kappa shape index (κ3) is 3.77. The molecule has 1 unspecified atom stereocenters. The fourth-order valence-corrected chi connectivity index (χ4v) is 6.01. The molecule has 3 heterocycles. The second-order valence-corrected chi connectivity index (χ2v) is 10.5. The topological polar surface area (TPSA) is 111 Å². The largest absolute Gasteiger partial charge is 0.445 e. The van der Waals surface area contributed by atoms with Gasteiger partial charge in [-0.15, -0.1) is 11.8 Å². The molecule has 0 aromatic heterocycles. The lowest BCUT2D eigenvalue weighted by molar-refractivity contribution is -0.180. The van der Waals surface area contributed by atoms with Gasteiger partial charge in [0.05, 0.1) is 5.56 Å². The van der Waals surface area contributed by atoms with E-state index in [1.54, 1.807) is 24.3 Å². The number of esters is 2. The van der Waals surface area contributed by atoms with Crippen molar-refractivity contribution >= 4 is 35.7 Å². The monoisotopic (exact) mass is 482 g/mol. The summed E-state index contributed by atoms with van der Waals surface area (Å²) in [7, 11) is 0. The number of β-lactam (4-membered cyclic amide) rings is 1. The Kier molecular flexibility index (Phi) is 5.47. The van der Waals surface area contributed by atoms with Gasteiger partial charge in [-0.3, -0.25) is 4.79 Å². The van der Waals surface area contributed by atoms with Crippen LogP contribution in [0.5, 0.6) is 0 Å². The molecule has 2 aromatic carbocycles. The third-order valence-corrected chi connectivity index (χ3v) is 7.59. The summed E-state index contributed by atoms with van der Waals surface area (Å²) in [6.07, 6.45) is -1.87. The number of carbonyl (C=O) groups is 4. The van der Waals surface area contributed by atoms with Crippen molar-refractivity contribution < 1.29 is 33.4 Å². The molecule has 1 N–H and O–H groups in total. The minimum absolute atomic E-state index is 0.0805. The molecule has 9 nitrogen and oxygen atoms in total. The first-order valence-electron chi connectivity index (χ1n) is 10.7. The summed E-state index contributed by atoms with van der Waals surface area (Å²) in [4.78, 5) is 51.7. The van der Waals surface area contributed by atoms with E-state index in [-0.39, 0.29) is 6.61 Å². The number of amides is 2. The number of thioether (sulfide) groups is 1. The van der Waals surface area contributed by atoms with Gasteiger partial charge in [0.15, 0.2) is 0 Å². The number of carbonyl (C=O) groups excluding carboxylic acids is 4. The molecule has 176 valence electrons. The molecule has 5 rings (SSSR count). The van der Waals surface area contributed by atoms with Crippen molar-refractivity contribution in [2.75, 3.05) is 0 Å². The van der Waals surface area contributed by atoms with E-state index in [4.69, 9.17) is 14.2 Å². The van der Waals surface area contributed by atoms with Crippen molar-refractivity contribution in [2.24, 2.45) is 0 Å². The number of rotatable bonds is 5. The van der Waals surface area contributed by atoms with Crippen molar-refractivity contribution in [1.29, 1.82) is 0 Å². The van der Waals surface area contributed by atoms with Crippen molar-refractivity contribution in [2.45, 2.75) is 48.9 Å². The zero-order chi connectivity index (χ0) is 24.0. The van der Waals surface area contributed by atoms with Crippen LogP contribution in [0.1, 0.15) is 41.6 Å². The van der Waals surface area contributed by atoms with Gasteiger partial charge in [0.1, 0.15) is 24.1 Å². The summed E-state index contributed by atoms with van der Waals surface area (Å²) in [5.74, 6) is -1.64. The Hall–Kier alpha value is -3.53. The lowest BCUT2D eigenvalue weighted by atomic mass is 9.96. The van der Waals surface area contributed by atoms with E-state index in [9.17, 15) is 19.2 Å². The standard InChI is InChI=1S/C24H22N2O7S/c1-24(2)17(21(29)33-22-15-11-7-6-10-14(15)20(28)32-22)26-18(27)16(19(26)34-24)25-23(30)31-12-13-8-4-3-5-9-13/h3-11,16-17,19,22H,12H2,1-2H3,(H,25,30)/t16-,17+,19-,22?/m1/s1. The van der Waals surface area contributed by atoms with Gasteiger partial charge in [-0.25, -0.2) is 14.4 Å². The van der Waals surface area contributed by atoms with E-state index < -0.39 is 52.4 Å². The first-order chi connectivity index (χ1) is 16.3. The Morgan fingerprint density at radius 1 is 1.09 bits per heavy atom. The molecule has 2 fully saturated rings. The maximum absolute atomic E-state index is 13.1. The highest BCUT2D eigenvalue weighted by Gasteiger charge is 2.65. The summed E-state index contributed by atoms with van der Waals surface area (Å²) < 4.78 is 15.3. The van der Waals surface area contributed by atoms with Gasteiger partial charge in [-0.2, -0.15) is 0 Å². The van der Waals surface area contributed by atoms with Crippen LogP contribution in [-0.4, -0.2) is 51.0 Å². The van der Waals surface area contributed by atoms with Crippen LogP contribution in [0.15, 0.2) is 54.6 Å². The molecule has 10 heteroatoms. The second kappa shape index (κ2) is 8.35. The number of fused-ring (bicyclic) bond motifs is 2. The van der Waals surface area contributed by atoms with Gasteiger partial charge in [0.25, 0.3) is 6.29 Å². The van der Waals surface area contributed by atoms with Gasteiger partial charge in [-0.05, 0) is 25.5 Å². The molecule has 0 bridgehead atoms. The van der Waals surface area contributed by atoms with Crippen molar-refractivity contribution in [3.63, 3.8) is 0 Å². The Labute approximate surface area is 199 Å². The highest BCUT2D eigenvalue weighted by Crippen LogP contribution is 2.51. The molecular weight excluding hydrogens is 460 g/mol. The van der Waals surface area contributed by atoms with E-state index in [0.29, 0.717) is 11.1 Å². The summed E-state index contributed by atoms with van der Waals surface area (Å²) in [5.41, 5.74) is 1.64.